The second-order valence-electron chi connectivity index (χ2n) is 22.2. The van der Waals surface area contributed by atoms with Crippen molar-refractivity contribution in [2.45, 2.75) is 311 Å². The Hall–Kier alpha value is -1.81. The number of phosphoric ester groups is 1. The predicted octanol–water partition coefficient (Wildman–Crippen LogP) is 4.71. The number of aliphatic hydroxyl groups excluding tert-OH is 11. The van der Waals surface area contributed by atoms with Gasteiger partial charge in [0.1, 0.15) is 92.1 Å². The SMILES string of the molecule is CCCCCC/C=C\CCCCCCCCCC(=O)OCC(COP(=O)(O)OC1C(OC2OC(CO)C(O)C(O)C2O)C(O)C(O)C(O)C1OC1OC(CO)C(O)C(O)C1O)OC(=O)CCCCCCCCCCCCCCCCC. The molecule has 1 aliphatic carbocycles. The Morgan fingerprint density at radius 3 is 1.22 bits per heavy atom. The van der Waals surface area contributed by atoms with Gasteiger partial charge in [-0.05, 0) is 38.5 Å². The molecule has 3 aliphatic rings. The van der Waals surface area contributed by atoms with Crippen molar-refractivity contribution in [1.29, 1.82) is 0 Å². The van der Waals surface area contributed by atoms with Crippen LogP contribution in [0.2, 0.25) is 0 Å². The minimum absolute atomic E-state index is 0.0278. The first-order valence-corrected chi connectivity index (χ1v) is 32.0. The molecule has 0 bridgehead atoms. The Morgan fingerprint density at radius 2 is 0.815 bits per heavy atom. The predicted molar refractivity (Wildman–Crippen MR) is 296 cm³/mol. The number of esters is 2. The molecular formula is C57H105O23P. The molecule has 3 rings (SSSR count). The van der Waals surface area contributed by atoms with Gasteiger partial charge in [-0.2, -0.15) is 0 Å². The lowest BCUT2D eigenvalue weighted by molar-refractivity contribution is -0.360. The number of hydrogen-bond donors (Lipinski definition) is 12. The van der Waals surface area contributed by atoms with E-state index in [1.807, 2.05) is 0 Å². The van der Waals surface area contributed by atoms with E-state index in [2.05, 4.69) is 26.0 Å². The van der Waals surface area contributed by atoms with Crippen LogP contribution in [0.3, 0.4) is 0 Å². The molecule has 1 saturated carbocycles. The standard InChI is InChI=1S/C57H105O23P/c1-3-5-7-9-11-13-15-17-19-21-23-25-27-29-31-33-42(60)73-37-39(75-43(61)34-32-30-28-26-24-22-20-18-16-14-12-10-8-6-4-2)38-74-81(71,72)80-55-53(78-56-51(69)46(64)44(62)40(35-58)76-56)49(67)48(66)50(68)54(55)79-57-52(70)47(65)45(63)41(36-59)77-57/h13,15,39-41,44-59,62-70H,3-12,14,16-38H2,1-2H3,(H,71,72)/b15-13-. The molecular weight excluding hydrogens is 1080 g/mol. The number of phosphoric acid groups is 1. The molecule has 0 radical (unpaired) electrons. The number of carbonyl (C=O) groups is 2. The fourth-order valence-corrected chi connectivity index (χ4v) is 11.2. The Bertz CT molecular complexity index is 1660. The van der Waals surface area contributed by atoms with Gasteiger partial charge < -0.3 is 89.5 Å². The highest BCUT2D eigenvalue weighted by Gasteiger charge is 2.58. The Morgan fingerprint density at radius 1 is 0.457 bits per heavy atom. The second-order valence-corrected chi connectivity index (χ2v) is 23.6. The van der Waals surface area contributed by atoms with Crippen LogP contribution in [-0.4, -0.2) is 204 Å². The number of carbonyl (C=O) groups excluding carboxylic acids is 2. The smallest absolute Gasteiger partial charge is 0.462 e. The molecule has 2 aliphatic heterocycles. The average Bonchev–Trinajstić information content (AvgIpc) is 3.48. The lowest BCUT2D eigenvalue weighted by atomic mass is 9.84. The van der Waals surface area contributed by atoms with Crippen LogP contribution in [0.1, 0.15) is 206 Å². The fourth-order valence-electron chi connectivity index (χ4n) is 10.2. The summed E-state index contributed by atoms with van der Waals surface area (Å²) in [6.45, 7) is 1.01. The first kappa shape index (κ1) is 73.4. The number of hydrogen-bond acceptors (Lipinski definition) is 22. The third-order valence-corrected chi connectivity index (χ3v) is 16.3. The lowest BCUT2D eigenvalue weighted by Crippen LogP contribution is -2.69. The van der Waals surface area contributed by atoms with Gasteiger partial charge in [0.05, 0.1) is 19.8 Å². The summed E-state index contributed by atoms with van der Waals surface area (Å²) in [6, 6.07) is 0. The van der Waals surface area contributed by atoms with Crippen LogP contribution in [0.4, 0.5) is 0 Å². The first-order valence-electron chi connectivity index (χ1n) is 30.5. The molecule has 2 heterocycles. The van der Waals surface area contributed by atoms with Crippen LogP contribution in [0.25, 0.3) is 0 Å². The van der Waals surface area contributed by atoms with E-state index in [1.165, 1.54) is 83.5 Å². The van der Waals surface area contributed by atoms with Crippen molar-refractivity contribution in [3.8, 4) is 0 Å². The summed E-state index contributed by atoms with van der Waals surface area (Å²) in [5.74, 6) is -1.33. The minimum atomic E-state index is -5.63. The molecule has 24 heteroatoms. The third-order valence-electron chi connectivity index (χ3n) is 15.3. The van der Waals surface area contributed by atoms with Gasteiger partial charge in [-0.3, -0.25) is 18.6 Å². The molecule has 0 aromatic carbocycles. The topological polar surface area (TPSA) is 368 Å². The fraction of sp³-hybridized carbons (Fsp3) is 0.930. The third kappa shape index (κ3) is 27.6. The molecule has 0 amide bonds. The molecule has 2 saturated heterocycles. The van der Waals surface area contributed by atoms with Crippen LogP contribution in [-0.2, 0) is 51.6 Å². The number of unbranched alkanes of at least 4 members (excludes halogenated alkanes) is 25. The quantitative estimate of drug-likeness (QED) is 0.0170. The van der Waals surface area contributed by atoms with E-state index in [4.69, 9.17) is 37.5 Å². The van der Waals surface area contributed by atoms with Gasteiger partial charge in [-0.25, -0.2) is 4.57 Å². The zero-order chi connectivity index (χ0) is 59.6. The van der Waals surface area contributed by atoms with Gasteiger partial charge in [-0.1, -0.05) is 167 Å². The van der Waals surface area contributed by atoms with Crippen LogP contribution >= 0.6 is 7.82 Å². The summed E-state index contributed by atoms with van der Waals surface area (Å²) in [5, 5.41) is 117. The van der Waals surface area contributed by atoms with Crippen LogP contribution in [0.5, 0.6) is 0 Å². The zero-order valence-electron chi connectivity index (χ0n) is 48.3. The van der Waals surface area contributed by atoms with Gasteiger partial charge in [0.15, 0.2) is 18.7 Å². The monoisotopic (exact) mass is 1190 g/mol. The van der Waals surface area contributed by atoms with Crippen LogP contribution in [0, 0.1) is 0 Å². The van der Waals surface area contributed by atoms with Crippen LogP contribution in [0.15, 0.2) is 12.2 Å². The Labute approximate surface area is 480 Å². The van der Waals surface area contributed by atoms with Crippen LogP contribution < -0.4 is 0 Å². The van der Waals surface area contributed by atoms with Crippen molar-refractivity contribution < 1.29 is 113 Å². The van der Waals surface area contributed by atoms with Gasteiger partial charge in [-0.15, -0.1) is 0 Å². The molecule has 81 heavy (non-hydrogen) atoms. The summed E-state index contributed by atoms with van der Waals surface area (Å²) in [5.41, 5.74) is 0. The highest BCUT2D eigenvalue weighted by molar-refractivity contribution is 7.47. The number of rotatable bonds is 45. The van der Waals surface area contributed by atoms with Gasteiger partial charge >= 0.3 is 19.8 Å². The van der Waals surface area contributed by atoms with E-state index in [0.29, 0.717) is 12.8 Å². The number of allylic oxidation sites excluding steroid dienone is 2. The van der Waals surface area contributed by atoms with Crippen molar-refractivity contribution in [1.82, 2.24) is 0 Å². The highest BCUT2D eigenvalue weighted by Crippen LogP contribution is 2.49. The van der Waals surface area contributed by atoms with E-state index in [1.54, 1.807) is 0 Å². The summed E-state index contributed by atoms with van der Waals surface area (Å²) in [7, 11) is -5.63. The minimum Gasteiger partial charge on any atom is -0.462 e. The maximum atomic E-state index is 14.0. The lowest BCUT2D eigenvalue weighted by Gasteiger charge is -2.49. The van der Waals surface area contributed by atoms with Gasteiger partial charge in [0.25, 0.3) is 0 Å². The van der Waals surface area contributed by atoms with Crippen molar-refractivity contribution in [3.63, 3.8) is 0 Å². The number of aliphatic hydroxyl groups is 11. The average molecular weight is 1190 g/mol. The molecule has 23 nitrogen and oxygen atoms in total. The summed E-state index contributed by atoms with van der Waals surface area (Å²) in [4.78, 5) is 37.5. The molecule has 0 spiro atoms. The van der Waals surface area contributed by atoms with Gasteiger partial charge in [0, 0.05) is 12.8 Å². The van der Waals surface area contributed by atoms with Crippen molar-refractivity contribution in [2.24, 2.45) is 0 Å². The van der Waals surface area contributed by atoms with Crippen molar-refractivity contribution in [3.05, 3.63) is 12.2 Å². The van der Waals surface area contributed by atoms with E-state index in [-0.39, 0.29) is 12.8 Å². The molecule has 16 atom stereocenters. The summed E-state index contributed by atoms with van der Waals surface area (Å²) >= 11 is 0. The molecule has 3 fully saturated rings. The van der Waals surface area contributed by atoms with Crippen molar-refractivity contribution >= 4 is 19.8 Å². The van der Waals surface area contributed by atoms with E-state index >= 15 is 0 Å². The molecule has 0 aromatic rings. The maximum absolute atomic E-state index is 14.0. The van der Waals surface area contributed by atoms with E-state index in [9.17, 15) is 75.2 Å². The zero-order valence-corrected chi connectivity index (χ0v) is 49.2. The maximum Gasteiger partial charge on any atom is 0.472 e. The van der Waals surface area contributed by atoms with Gasteiger partial charge in [0.2, 0.25) is 0 Å². The highest BCUT2D eigenvalue weighted by atomic mass is 31.2. The largest absolute Gasteiger partial charge is 0.472 e. The second kappa shape index (κ2) is 42.1. The normalized spacial score (nSPS) is 31.0. The van der Waals surface area contributed by atoms with E-state index < -0.39 is 150 Å². The van der Waals surface area contributed by atoms with Crippen molar-refractivity contribution in [2.75, 3.05) is 26.4 Å². The summed E-state index contributed by atoms with van der Waals surface area (Å²) in [6.07, 6.45) is 0.379. The molecule has 12 N–H and O–H groups in total. The number of ether oxygens (including phenoxy) is 6. The van der Waals surface area contributed by atoms with E-state index in [0.717, 1.165) is 83.5 Å². The Balaban J connectivity index is 1.68. The summed E-state index contributed by atoms with van der Waals surface area (Å²) < 4.78 is 58.2. The molecule has 0 aromatic heterocycles. The Kier molecular flexibility index (Phi) is 38.2. The first-order chi connectivity index (χ1) is 38.9. The molecule has 476 valence electrons. The molecule has 16 unspecified atom stereocenters.